The molecule has 0 unspecified atom stereocenters. The molecule has 1 aliphatic rings. The van der Waals surface area contributed by atoms with Crippen molar-refractivity contribution in [3.8, 4) is 0 Å². The van der Waals surface area contributed by atoms with Gasteiger partial charge in [-0.3, -0.25) is 0 Å². The highest BCUT2D eigenvalue weighted by Crippen LogP contribution is 2.32. The van der Waals surface area contributed by atoms with E-state index in [1.54, 1.807) is 9.77 Å². The molecular formula is C8H10S2. The van der Waals surface area contributed by atoms with E-state index in [9.17, 15) is 0 Å². The zero-order chi connectivity index (χ0) is 6.81. The van der Waals surface area contributed by atoms with Gasteiger partial charge in [0.2, 0.25) is 0 Å². The van der Waals surface area contributed by atoms with Crippen LogP contribution in [-0.4, -0.2) is 5.75 Å². The molecule has 1 aromatic heterocycles. The number of hydrogen-bond acceptors (Lipinski definition) is 2. The van der Waals surface area contributed by atoms with Crippen molar-refractivity contribution in [1.82, 2.24) is 0 Å². The van der Waals surface area contributed by atoms with Crippen molar-refractivity contribution in [2.24, 2.45) is 0 Å². The number of aryl methyl sites for hydroxylation is 1. The minimum absolute atomic E-state index is 1.32. The zero-order valence-corrected chi connectivity index (χ0v) is 7.43. The fourth-order valence-electron chi connectivity index (χ4n) is 1.21. The van der Waals surface area contributed by atoms with Gasteiger partial charge in [0.1, 0.15) is 0 Å². The van der Waals surface area contributed by atoms with Gasteiger partial charge in [0.25, 0.3) is 0 Å². The van der Waals surface area contributed by atoms with Crippen LogP contribution in [0.5, 0.6) is 0 Å². The molecule has 0 amide bonds. The molecule has 2 heteroatoms. The van der Waals surface area contributed by atoms with Crippen LogP contribution in [0, 0.1) is 0 Å². The molecule has 2 rings (SSSR count). The predicted molar refractivity (Wildman–Crippen MR) is 48.0 cm³/mol. The highest BCUT2D eigenvalue weighted by atomic mass is 32.2. The molecule has 1 aromatic rings. The maximum absolute atomic E-state index is 2.26. The van der Waals surface area contributed by atoms with Gasteiger partial charge >= 0.3 is 0 Å². The highest BCUT2D eigenvalue weighted by Gasteiger charge is 2.07. The topological polar surface area (TPSA) is 0 Å². The van der Waals surface area contributed by atoms with E-state index in [2.05, 4.69) is 11.4 Å². The van der Waals surface area contributed by atoms with E-state index >= 15 is 0 Å². The van der Waals surface area contributed by atoms with Gasteiger partial charge in [-0.25, -0.2) is 0 Å². The fraction of sp³-hybridized carbons (Fsp3) is 0.500. The summed E-state index contributed by atoms with van der Waals surface area (Å²) in [5.74, 6) is 1.32. The van der Waals surface area contributed by atoms with Crippen LogP contribution in [0.15, 0.2) is 16.3 Å². The first kappa shape index (κ1) is 6.74. The summed E-state index contributed by atoms with van der Waals surface area (Å²) in [7, 11) is 0. The van der Waals surface area contributed by atoms with Crippen molar-refractivity contribution in [1.29, 1.82) is 0 Å². The van der Waals surface area contributed by atoms with Crippen LogP contribution in [0.4, 0.5) is 0 Å². The van der Waals surface area contributed by atoms with E-state index in [0.717, 1.165) is 0 Å². The van der Waals surface area contributed by atoms with Crippen molar-refractivity contribution >= 4 is 23.1 Å². The zero-order valence-electron chi connectivity index (χ0n) is 5.80. The van der Waals surface area contributed by atoms with Crippen molar-refractivity contribution < 1.29 is 0 Å². The molecule has 0 bridgehead atoms. The van der Waals surface area contributed by atoms with E-state index in [0.29, 0.717) is 0 Å². The Kier molecular flexibility index (Phi) is 2.00. The predicted octanol–water partition coefficient (Wildman–Crippen LogP) is 3.18. The maximum Gasteiger partial charge on any atom is 0.0211 e. The summed E-state index contributed by atoms with van der Waals surface area (Å²) in [6.07, 6.45) is 4.10. The lowest BCUT2D eigenvalue weighted by Crippen LogP contribution is -1.77. The molecule has 0 atom stereocenters. The third kappa shape index (κ3) is 1.23. The molecule has 2 heterocycles. The number of thioether (sulfide) groups is 1. The first-order chi connectivity index (χ1) is 4.97. The second-order valence-corrected chi connectivity index (χ2v) is 4.65. The van der Waals surface area contributed by atoms with E-state index in [1.165, 1.54) is 25.0 Å². The lowest BCUT2D eigenvalue weighted by molar-refractivity contribution is 0.815. The van der Waals surface area contributed by atoms with Gasteiger partial charge in [-0.05, 0) is 36.5 Å². The van der Waals surface area contributed by atoms with E-state index in [1.807, 2.05) is 23.1 Å². The van der Waals surface area contributed by atoms with Crippen molar-refractivity contribution in [2.75, 3.05) is 5.75 Å². The lowest BCUT2D eigenvalue weighted by Gasteiger charge is -1.92. The Morgan fingerprint density at radius 2 is 2.30 bits per heavy atom. The Balaban J connectivity index is 2.28. The second kappa shape index (κ2) is 2.97. The van der Waals surface area contributed by atoms with Crippen molar-refractivity contribution in [3.63, 3.8) is 0 Å². The second-order valence-electron chi connectivity index (χ2n) is 2.51. The molecule has 1 aliphatic heterocycles. The van der Waals surface area contributed by atoms with Crippen LogP contribution in [0.3, 0.4) is 0 Å². The summed E-state index contributed by atoms with van der Waals surface area (Å²) in [6.45, 7) is 0. The Hall–Kier alpha value is 0.0500. The van der Waals surface area contributed by atoms with E-state index < -0.39 is 0 Å². The molecule has 0 radical (unpaired) electrons. The number of thiophene rings is 1. The molecule has 0 saturated heterocycles. The Morgan fingerprint density at radius 1 is 1.30 bits per heavy atom. The number of fused-ring (bicyclic) bond motifs is 1. The van der Waals surface area contributed by atoms with Crippen LogP contribution in [0.25, 0.3) is 0 Å². The quantitative estimate of drug-likeness (QED) is 0.576. The number of hydrogen-bond donors (Lipinski definition) is 0. The van der Waals surface area contributed by atoms with Crippen molar-refractivity contribution in [2.45, 2.75) is 24.2 Å². The summed E-state index contributed by atoms with van der Waals surface area (Å²) < 4.78 is 0. The van der Waals surface area contributed by atoms with Crippen LogP contribution in [-0.2, 0) is 6.42 Å². The molecule has 0 spiro atoms. The van der Waals surface area contributed by atoms with Crippen LogP contribution in [0.2, 0.25) is 0 Å². The summed E-state index contributed by atoms with van der Waals surface area (Å²) >= 11 is 3.94. The third-order valence-corrected chi connectivity index (χ3v) is 4.06. The summed E-state index contributed by atoms with van der Waals surface area (Å²) in [4.78, 5) is 3.16. The van der Waals surface area contributed by atoms with E-state index in [-0.39, 0.29) is 0 Å². The molecule has 0 N–H and O–H groups in total. The molecular weight excluding hydrogens is 160 g/mol. The summed E-state index contributed by atoms with van der Waals surface area (Å²) in [6, 6.07) is 2.26. The van der Waals surface area contributed by atoms with Gasteiger partial charge in [-0.2, -0.15) is 0 Å². The molecule has 0 aliphatic carbocycles. The molecule has 0 fully saturated rings. The maximum atomic E-state index is 2.26. The normalized spacial score (nSPS) is 18.0. The molecule has 10 heavy (non-hydrogen) atoms. The lowest BCUT2D eigenvalue weighted by atomic mass is 10.2. The fourth-order valence-corrected chi connectivity index (χ4v) is 3.43. The SMILES string of the molecule is c1cc2c(s1)CCCCS2. The average molecular weight is 170 g/mol. The first-order valence-corrected chi connectivity index (χ1v) is 5.52. The van der Waals surface area contributed by atoms with Crippen LogP contribution in [0.1, 0.15) is 17.7 Å². The minimum Gasteiger partial charge on any atom is -0.148 e. The molecule has 0 saturated carbocycles. The van der Waals surface area contributed by atoms with Gasteiger partial charge in [0.05, 0.1) is 0 Å². The van der Waals surface area contributed by atoms with Gasteiger partial charge < -0.3 is 0 Å². The van der Waals surface area contributed by atoms with Gasteiger partial charge in [0.15, 0.2) is 0 Å². The van der Waals surface area contributed by atoms with Gasteiger partial charge in [-0.1, -0.05) is 0 Å². The van der Waals surface area contributed by atoms with E-state index in [4.69, 9.17) is 0 Å². The smallest absolute Gasteiger partial charge is 0.0211 e. The highest BCUT2D eigenvalue weighted by molar-refractivity contribution is 7.99. The Labute approximate surface area is 69.6 Å². The van der Waals surface area contributed by atoms with Crippen LogP contribution >= 0.6 is 23.1 Å². The first-order valence-electron chi connectivity index (χ1n) is 3.66. The summed E-state index contributed by atoms with van der Waals surface area (Å²) in [5, 5.41) is 2.21. The average Bonchev–Trinajstić information content (AvgIpc) is 2.28. The largest absolute Gasteiger partial charge is 0.148 e. The Morgan fingerprint density at radius 3 is 3.30 bits per heavy atom. The number of rotatable bonds is 0. The van der Waals surface area contributed by atoms with Crippen LogP contribution < -0.4 is 0 Å². The monoisotopic (exact) mass is 170 g/mol. The molecule has 0 nitrogen and oxygen atoms in total. The molecule has 54 valence electrons. The minimum atomic E-state index is 1.32. The van der Waals surface area contributed by atoms with Gasteiger partial charge in [-0.15, -0.1) is 23.1 Å². The van der Waals surface area contributed by atoms with Crippen molar-refractivity contribution in [3.05, 3.63) is 16.3 Å². The van der Waals surface area contributed by atoms with Gasteiger partial charge in [0, 0.05) is 9.77 Å². The standard InChI is InChI=1S/C8H10S2/c1-2-5-9-8-4-6-10-7(8)3-1/h4,6H,1-3,5H2. The molecule has 0 aromatic carbocycles. The summed E-state index contributed by atoms with van der Waals surface area (Å²) in [5.41, 5.74) is 0. The third-order valence-electron chi connectivity index (χ3n) is 1.76. The Bertz CT molecular complexity index is 194.